The topological polar surface area (TPSA) is 61.9 Å². The van der Waals surface area contributed by atoms with Crippen LogP contribution in [0.15, 0.2) is 48.5 Å². The van der Waals surface area contributed by atoms with Gasteiger partial charge in [0.15, 0.2) is 0 Å². The molecule has 1 aliphatic rings. The fraction of sp³-hybridized carbons (Fsp3) is 0.417. The molecule has 30 heavy (non-hydrogen) atoms. The first kappa shape index (κ1) is 21.8. The smallest absolute Gasteiger partial charge is 0.259 e. The number of anilines is 1. The van der Waals surface area contributed by atoms with Gasteiger partial charge in [0.05, 0.1) is 23.4 Å². The number of likely N-dealkylation sites (N-methyl/N-ethyl adjacent to an activating group) is 1. The molecule has 1 N–H and O–H groups in total. The number of carbonyl (C=O) groups excluding carboxylic acids is 2. The Morgan fingerprint density at radius 3 is 2.30 bits per heavy atom. The highest BCUT2D eigenvalue weighted by atomic mass is 16.5. The van der Waals surface area contributed by atoms with Crippen molar-refractivity contribution >= 4 is 17.5 Å². The zero-order valence-electron chi connectivity index (χ0n) is 18.1. The van der Waals surface area contributed by atoms with Crippen molar-refractivity contribution < 1.29 is 14.3 Å². The molecule has 1 heterocycles. The Labute approximate surface area is 178 Å². The second kappa shape index (κ2) is 10.3. The number of hydrogen-bond donors (Lipinski definition) is 1. The third-order valence-corrected chi connectivity index (χ3v) is 5.28. The molecule has 1 saturated heterocycles. The molecule has 0 spiro atoms. The van der Waals surface area contributed by atoms with E-state index < -0.39 is 0 Å². The van der Waals surface area contributed by atoms with Crippen molar-refractivity contribution in [2.45, 2.75) is 20.3 Å². The summed E-state index contributed by atoms with van der Waals surface area (Å²) in [6, 6.07) is 14.4. The van der Waals surface area contributed by atoms with E-state index >= 15 is 0 Å². The van der Waals surface area contributed by atoms with E-state index in [2.05, 4.69) is 31.1 Å². The lowest BCUT2D eigenvalue weighted by Crippen LogP contribution is -2.47. The Hall–Kier alpha value is -2.86. The van der Waals surface area contributed by atoms with Crippen LogP contribution in [0.4, 0.5) is 5.69 Å². The molecule has 2 aromatic rings. The summed E-state index contributed by atoms with van der Waals surface area (Å²) in [5.74, 6) is 0.742. The summed E-state index contributed by atoms with van der Waals surface area (Å²) in [6.45, 7) is 7.89. The van der Waals surface area contributed by atoms with Gasteiger partial charge in [0.25, 0.3) is 11.8 Å². The summed E-state index contributed by atoms with van der Waals surface area (Å²) in [4.78, 5) is 30.1. The first-order valence-corrected chi connectivity index (χ1v) is 10.6. The molecule has 0 bridgehead atoms. The molecule has 0 aliphatic carbocycles. The number of nitrogens with zero attached hydrogens (tertiary/aromatic N) is 2. The van der Waals surface area contributed by atoms with Gasteiger partial charge in [-0.15, -0.1) is 0 Å². The van der Waals surface area contributed by atoms with E-state index in [0.29, 0.717) is 48.2 Å². The summed E-state index contributed by atoms with van der Waals surface area (Å²) in [7, 11) is 2.05. The van der Waals surface area contributed by atoms with Gasteiger partial charge in [0, 0.05) is 26.2 Å². The van der Waals surface area contributed by atoms with E-state index in [1.54, 1.807) is 24.3 Å². The van der Waals surface area contributed by atoms with E-state index in [1.807, 2.05) is 29.2 Å². The van der Waals surface area contributed by atoms with Crippen LogP contribution in [-0.2, 0) is 0 Å². The minimum atomic E-state index is -0.284. The lowest BCUT2D eigenvalue weighted by atomic mass is 10.1. The maximum atomic E-state index is 13.0. The Bertz CT molecular complexity index is 874. The van der Waals surface area contributed by atoms with E-state index in [1.165, 1.54) is 0 Å². The second-order valence-corrected chi connectivity index (χ2v) is 8.12. The molecule has 2 amide bonds. The van der Waals surface area contributed by atoms with E-state index in [-0.39, 0.29) is 11.8 Å². The van der Waals surface area contributed by atoms with Crippen LogP contribution in [0.3, 0.4) is 0 Å². The van der Waals surface area contributed by atoms with Crippen molar-refractivity contribution in [2.24, 2.45) is 5.92 Å². The first-order chi connectivity index (χ1) is 14.5. The van der Waals surface area contributed by atoms with Gasteiger partial charge < -0.3 is 19.9 Å². The third-order valence-electron chi connectivity index (χ3n) is 5.28. The number of carbonyl (C=O) groups is 2. The zero-order chi connectivity index (χ0) is 21.5. The second-order valence-electron chi connectivity index (χ2n) is 8.12. The van der Waals surface area contributed by atoms with Crippen LogP contribution in [0.2, 0.25) is 0 Å². The minimum Gasteiger partial charge on any atom is -0.493 e. The van der Waals surface area contributed by atoms with E-state index in [4.69, 9.17) is 4.74 Å². The fourth-order valence-electron chi connectivity index (χ4n) is 3.33. The van der Waals surface area contributed by atoms with Crippen LogP contribution in [0.1, 0.15) is 41.0 Å². The Kier molecular flexibility index (Phi) is 7.46. The van der Waals surface area contributed by atoms with Crippen molar-refractivity contribution in [3.63, 3.8) is 0 Å². The van der Waals surface area contributed by atoms with Gasteiger partial charge in [-0.2, -0.15) is 0 Å². The molecule has 1 aliphatic heterocycles. The van der Waals surface area contributed by atoms with Gasteiger partial charge in [-0.1, -0.05) is 38.1 Å². The molecule has 0 radical (unpaired) electrons. The summed E-state index contributed by atoms with van der Waals surface area (Å²) in [5.41, 5.74) is 1.49. The van der Waals surface area contributed by atoms with Crippen molar-refractivity contribution in [1.29, 1.82) is 0 Å². The molecule has 3 rings (SSSR count). The number of amides is 2. The van der Waals surface area contributed by atoms with Crippen molar-refractivity contribution in [1.82, 2.24) is 9.80 Å². The number of hydrogen-bond acceptors (Lipinski definition) is 4. The number of nitrogens with one attached hydrogen (secondary N) is 1. The van der Waals surface area contributed by atoms with Crippen LogP contribution in [0.5, 0.6) is 5.75 Å². The highest BCUT2D eigenvalue weighted by Crippen LogP contribution is 2.23. The van der Waals surface area contributed by atoms with E-state index in [9.17, 15) is 9.59 Å². The van der Waals surface area contributed by atoms with Crippen LogP contribution < -0.4 is 10.1 Å². The maximum Gasteiger partial charge on any atom is 0.259 e. The summed E-state index contributed by atoms with van der Waals surface area (Å²) >= 11 is 0. The molecular weight excluding hydrogens is 378 g/mol. The molecule has 0 aromatic heterocycles. The molecule has 6 nitrogen and oxygen atoms in total. The number of benzene rings is 2. The molecule has 1 fully saturated rings. The lowest BCUT2D eigenvalue weighted by Gasteiger charge is -2.32. The van der Waals surface area contributed by atoms with Gasteiger partial charge in [0.1, 0.15) is 5.75 Å². The minimum absolute atomic E-state index is 0.0551. The first-order valence-electron chi connectivity index (χ1n) is 10.6. The summed E-state index contributed by atoms with van der Waals surface area (Å²) < 4.78 is 5.85. The predicted molar refractivity (Wildman–Crippen MR) is 119 cm³/mol. The van der Waals surface area contributed by atoms with Gasteiger partial charge in [0.2, 0.25) is 0 Å². The molecular formula is C24H31N3O3. The van der Waals surface area contributed by atoms with Crippen LogP contribution in [0, 0.1) is 5.92 Å². The largest absolute Gasteiger partial charge is 0.493 e. The SMILES string of the molecule is CC(C)CCOc1ccccc1C(=O)Nc1ccccc1C(=O)N1CCN(C)CC1. The van der Waals surface area contributed by atoms with Gasteiger partial charge >= 0.3 is 0 Å². The average molecular weight is 410 g/mol. The summed E-state index contributed by atoms with van der Waals surface area (Å²) in [6.07, 6.45) is 0.915. The standard InChI is InChI=1S/C24H31N3O3/c1-18(2)12-17-30-22-11-7-5-9-20(22)23(28)25-21-10-6-4-8-19(21)24(29)27-15-13-26(3)14-16-27/h4-11,18H,12-17H2,1-3H3,(H,25,28). The number of piperazine rings is 1. The quantitative estimate of drug-likeness (QED) is 0.757. The number of rotatable bonds is 7. The average Bonchev–Trinajstić information content (AvgIpc) is 2.74. The van der Waals surface area contributed by atoms with Crippen molar-refractivity contribution in [3.8, 4) is 5.75 Å². The molecule has 0 atom stereocenters. The highest BCUT2D eigenvalue weighted by molar-refractivity contribution is 6.10. The molecule has 6 heteroatoms. The third kappa shape index (κ3) is 5.60. The predicted octanol–water partition coefficient (Wildman–Crippen LogP) is 3.75. The highest BCUT2D eigenvalue weighted by Gasteiger charge is 2.23. The van der Waals surface area contributed by atoms with Crippen LogP contribution >= 0.6 is 0 Å². The van der Waals surface area contributed by atoms with Crippen molar-refractivity contribution in [2.75, 3.05) is 45.2 Å². The molecule has 160 valence electrons. The fourth-order valence-corrected chi connectivity index (χ4v) is 3.33. The molecule has 2 aromatic carbocycles. The molecule has 0 saturated carbocycles. The Balaban J connectivity index is 1.74. The van der Waals surface area contributed by atoms with Gasteiger partial charge in [-0.25, -0.2) is 0 Å². The van der Waals surface area contributed by atoms with Gasteiger partial charge in [-0.3, -0.25) is 9.59 Å². The number of para-hydroxylation sites is 2. The maximum absolute atomic E-state index is 13.0. The number of ether oxygens (including phenoxy) is 1. The lowest BCUT2D eigenvalue weighted by molar-refractivity contribution is 0.0665. The van der Waals surface area contributed by atoms with Gasteiger partial charge in [-0.05, 0) is 43.7 Å². The van der Waals surface area contributed by atoms with E-state index in [0.717, 1.165) is 19.5 Å². The zero-order valence-corrected chi connectivity index (χ0v) is 18.1. The van der Waals surface area contributed by atoms with Crippen molar-refractivity contribution in [3.05, 3.63) is 59.7 Å². The molecule has 0 unspecified atom stereocenters. The monoisotopic (exact) mass is 409 g/mol. The Morgan fingerprint density at radius 2 is 1.60 bits per heavy atom. The van der Waals surface area contributed by atoms with Crippen LogP contribution in [0.25, 0.3) is 0 Å². The summed E-state index contributed by atoms with van der Waals surface area (Å²) in [5, 5.41) is 2.92. The Morgan fingerprint density at radius 1 is 0.967 bits per heavy atom. The normalized spacial score (nSPS) is 14.6. The van der Waals surface area contributed by atoms with Crippen LogP contribution in [-0.4, -0.2) is 61.4 Å².